The van der Waals surface area contributed by atoms with E-state index in [1.54, 1.807) is 0 Å². The Morgan fingerprint density at radius 2 is 1.75 bits per heavy atom. The van der Waals surface area contributed by atoms with Crippen LogP contribution in [-0.2, 0) is 4.79 Å². The number of rotatable bonds is 3. The third-order valence-corrected chi connectivity index (χ3v) is 5.20. The Balaban J connectivity index is 1.76. The second-order valence-corrected chi connectivity index (χ2v) is 7.74. The molecule has 116 valence electrons. The number of nitrogens with one attached hydrogen (secondary N) is 1. The average molecular weight is 280 g/mol. The summed E-state index contributed by atoms with van der Waals surface area (Å²) in [5.41, 5.74) is 0.376. The fourth-order valence-electron chi connectivity index (χ4n) is 3.69. The molecule has 3 heteroatoms. The van der Waals surface area contributed by atoms with E-state index in [-0.39, 0.29) is 0 Å². The molecule has 2 fully saturated rings. The van der Waals surface area contributed by atoms with Gasteiger partial charge in [-0.2, -0.15) is 0 Å². The molecule has 1 saturated carbocycles. The molecule has 0 spiro atoms. The molecule has 0 aromatic rings. The number of hydrogen-bond acceptors (Lipinski definition) is 2. The SMILES string of the molecule is CC(C)(C)C1CCCN(C(=O)CNC2CCCC2)CC1. The van der Waals surface area contributed by atoms with Gasteiger partial charge in [-0.3, -0.25) is 4.79 Å². The molecular formula is C17H32N2O. The van der Waals surface area contributed by atoms with Gasteiger partial charge in [0.1, 0.15) is 0 Å². The van der Waals surface area contributed by atoms with E-state index in [2.05, 4.69) is 31.0 Å². The summed E-state index contributed by atoms with van der Waals surface area (Å²) in [4.78, 5) is 14.4. The van der Waals surface area contributed by atoms with Gasteiger partial charge in [-0.15, -0.1) is 0 Å². The monoisotopic (exact) mass is 280 g/mol. The summed E-state index contributed by atoms with van der Waals surface area (Å²) >= 11 is 0. The van der Waals surface area contributed by atoms with Crippen molar-refractivity contribution >= 4 is 5.91 Å². The van der Waals surface area contributed by atoms with Gasteiger partial charge in [0.15, 0.2) is 0 Å². The van der Waals surface area contributed by atoms with Crippen molar-refractivity contribution in [3.05, 3.63) is 0 Å². The van der Waals surface area contributed by atoms with Crippen LogP contribution in [0.4, 0.5) is 0 Å². The number of amides is 1. The summed E-state index contributed by atoms with van der Waals surface area (Å²) in [5, 5.41) is 3.45. The molecule has 1 N–H and O–H groups in total. The average Bonchev–Trinajstić information content (AvgIpc) is 2.76. The summed E-state index contributed by atoms with van der Waals surface area (Å²) < 4.78 is 0. The zero-order valence-corrected chi connectivity index (χ0v) is 13.6. The van der Waals surface area contributed by atoms with Gasteiger partial charge in [-0.05, 0) is 43.4 Å². The van der Waals surface area contributed by atoms with Crippen LogP contribution in [-0.4, -0.2) is 36.5 Å². The predicted molar refractivity (Wildman–Crippen MR) is 83.6 cm³/mol. The van der Waals surface area contributed by atoms with E-state index < -0.39 is 0 Å². The molecular weight excluding hydrogens is 248 g/mol. The van der Waals surface area contributed by atoms with Crippen LogP contribution in [0, 0.1) is 11.3 Å². The van der Waals surface area contributed by atoms with Crippen molar-refractivity contribution in [1.29, 1.82) is 0 Å². The van der Waals surface area contributed by atoms with Crippen molar-refractivity contribution in [3.63, 3.8) is 0 Å². The topological polar surface area (TPSA) is 32.3 Å². The summed E-state index contributed by atoms with van der Waals surface area (Å²) in [7, 11) is 0. The molecule has 1 aliphatic heterocycles. The van der Waals surface area contributed by atoms with Crippen LogP contribution in [0.15, 0.2) is 0 Å². The second kappa shape index (κ2) is 6.93. The fraction of sp³-hybridized carbons (Fsp3) is 0.941. The molecule has 0 bridgehead atoms. The maximum Gasteiger partial charge on any atom is 0.236 e. The van der Waals surface area contributed by atoms with E-state index in [9.17, 15) is 4.79 Å². The molecule has 1 saturated heterocycles. The molecule has 1 amide bonds. The Morgan fingerprint density at radius 1 is 1.05 bits per heavy atom. The lowest BCUT2D eigenvalue weighted by Gasteiger charge is -2.29. The molecule has 1 heterocycles. The number of nitrogens with zero attached hydrogens (tertiary/aromatic N) is 1. The summed E-state index contributed by atoms with van der Waals surface area (Å²) in [6, 6.07) is 0.591. The standard InChI is InChI=1S/C17H32N2O/c1-17(2,3)14-7-6-11-19(12-10-14)16(20)13-18-15-8-4-5-9-15/h14-15,18H,4-13H2,1-3H3. The van der Waals surface area contributed by atoms with Crippen molar-refractivity contribution < 1.29 is 4.79 Å². The van der Waals surface area contributed by atoms with Crippen LogP contribution in [0.3, 0.4) is 0 Å². The lowest BCUT2D eigenvalue weighted by molar-refractivity contribution is -0.130. The molecule has 0 aromatic carbocycles. The number of carbonyl (C=O) groups is 1. The Kier molecular flexibility index (Phi) is 5.48. The molecule has 0 radical (unpaired) electrons. The first kappa shape index (κ1) is 15.8. The molecule has 2 rings (SSSR count). The Labute approximate surface area is 124 Å². The van der Waals surface area contributed by atoms with Crippen LogP contribution >= 0.6 is 0 Å². The lowest BCUT2D eigenvalue weighted by Crippen LogP contribution is -2.41. The zero-order chi connectivity index (χ0) is 14.6. The van der Waals surface area contributed by atoms with Gasteiger partial charge in [0.25, 0.3) is 0 Å². The number of carbonyl (C=O) groups excluding carboxylic acids is 1. The van der Waals surface area contributed by atoms with Gasteiger partial charge in [-0.1, -0.05) is 33.6 Å². The van der Waals surface area contributed by atoms with Crippen molar-refractivity contribution in [2.45, 2.75) is 71.8 Å². The van der Waals surface area contributed by atoms with Crippen molar-refractivity contribution in [2.75, 3.05) is 19.6 Å². The van der Waals surface area contributed by atoms with Gasteiger partial charge >= 0.3 is 0 Å². The highest BCUT2D eigenvalue weighted by molar-refractivity contribution is 5.78. The van der Waals surface area contributed by atoms with E-state index in [0.29, 0.717) is 23.9 Å². The first-order valence-electron chi connectivity index (χ1n) is 8.48. The second-order valence-electron chi connectivity index (χ2n) is 7.74. The molecule has 3 nitrogen and oxygen atoms in total. The molecule has 0 aromatic heterocycles. The van der Waals surface area contributed by atoms with Crippen LogP contribution in [0.2, 0.25) is 0 Å². The third-order valence-electron chi connectivity index (χ3n) is 5.20. The van der Waals surface area contributed by atoms with Gasteiger partial charge in [0.2, 0.25) is 5.91 Å². The Morgan fingerprint density at radius 3 is 2.40 bits per heavy atom. The summed E-state index contributed by atoms with van der Waals surface area (Å²) in [5.74, 6) is 1.06. The predicted octanol–water partition coefficient (Wildman–Crippen LogP) is 3.19. The van der Waals surface area contributed by atoms with Gasteiger partial charge in [-0.25, -0.2) is 0 Å². The lowest BCUT2D eigenvalue weighted by atomic mass is 9.77. The van der Waals surface area contributed by atoms with E-state index in [0.717, 1.165) is 25.4 Å². The van der Waals surface area contributed by atoms with Crippen LogP contribution in [0.5, 0.6) is 0 Å². The number of likely N-dealkylation sites (tertiary alicyclic amines) is 1. The van der Waals surface area contributed by atoms with Crippen LogP contribution < -0.4 is 5.32 Å². The Bertz CT molecular complexity index is 315. The van der Waals surface area contributed by atoms with Crippen molar-refractivity contribution in [2.24, 2.45) is 11.3 Å². The fourth-order valence-corrected chi connectivity index (χ4v) is 3.69. The minimum atomic E-state index is 0.312. The molecule has 1 atom stereocenters. The van der Waals surface area contributed by atoms with E-state index in [1.165, 1.54) is 38.5 Å². The third kappa shape index (κ3) is 4.47. The van der Waals surface area contributed by atoms with E-state index in [4.69, 9.17) is 0 Å². The van der Waals surface area contributed by atoms with Crippen molar-refractivity contribution in [1.82, 2.24) is 10.2 Å². The molecule has 1 unspecified atom stereocenters. The highest BCUT2D eigenvalue weighted by Crippen LogP contribution is 2.34. The maximum absolute atomic E-state index is 12.3. The quantitative estimate of drug-likeness (QED) is 0.861. The summed E-state index contributed by atoms with van der Waals surface area (Å²) in [6.45, 7) is 9.44. The zero-order valence-electron chi connectivity index (χ0n) is 13.6. The smallest absolute Gasteiger partial charge is 0.236 e. The minimum absolute atomic E-state index is 0.312. The summed E-state index contributed by atoms with van der Waals surface area (Å²) in [6.07, 6.45) is 8.74. The highest BCUT2D eigenvalue weighted by Gasteiger charge is 2.28. The largest absolute Gasteiger partial charge is 0.342 e. The van der Waals surface area contributed by atoms with Crippen molar-refractivity contribution in [3.8, 4) is 0 Å². The highest BCUT2D eigenvalue weighted by atomic mass is 16.2. The maximum atomic E-state index is 12.3. The molecule has 20 heavy (non-hydrogen) atoms. The van der Waals surface area contributed by atoms with Gasteiger partial charge in [0, 0.05) is 19.1 Å². The van der Waals surface area contributed by atoms with E-state index >= 15 is 0 Å². The number of hydrogen-bond donors (Lipinski definition) is 1. The first-order valence-corrected chi connectivity index (χ1v) is 8.48. The van der Waals surface area contributed by atoms with E-state index in [1.807, 2.05) is 0 Å². The Hall–Kier alpha value is -0.570. The first-order chi connectivity index (χ1) is 9.47. The van der Waals surface area contributed by atoms with Crippen LogP contribution in [0.1, 0.15) is 65.7 Å². The van der Waals surface area contributed by atoms with Gasteiger partial charge < -0.3 is 10.2 Å². The van der Waals surface area contributed by atoms with Gasteiger partial charge in [0.05, 0.1) is 6.54 Å². The molecule has 1 aliphatic carbocycles. The minimum Gasteiger partial charge on any atom is -0.342 e. The molecule has 2 aliphatic rings. The normalized spacial score (nSPS) is 25.8. The van der Waals surface area contributed by atoms with Crippen LogP contribution in [0.25, 0.3) is 0 Å².